The monoisotopic (exact) mass is 360 g/mol. The number of benzene rings is 2. The maximum Gasteiger partial charge on any atom is 0.238 e. The zero-order valence-corrected chi connectivity index (χ0v) is 15.9. The molecule has 0 fully saturated rings. The Morgan fingerprint density at radius 1 is 1.28 bits per heavy atom. The molecule has 2 rings (SSSR count). The van der Waals surface area contributed by atoms with Gasteiger partial charge in [-0.15, -0.1) is 0 Å². The second-order valence-corrected chi connectivity index (χ2v) is 6.45. The van der Waals surface area contributed by atoms with Crippen molar-refractivity contribution in [1.29, 1.82) is 0 Å². The van der Waals surface area contributed by atoms with Gasteiger partial charge in [0.15, 0.2) is 0 Å². The van der Waals surface area contributed by atoms with Gasteiger partial charge in [0.25, 0.3) is 0 Å². The molecule has 1 N–H and O–H groups in total. The summed E-state index contributed by atoms with van der Waals surface area (Å²) in [6.07, 6.45) is 0. The van der Waals surface area contributed by atoms with Crippen molar-refractivity contribution in [2.75, 3.05) is 25.5 Å². The van der Waals surface area contributed by atoms with Gasteiger partial charge in [0.05, 0.1) is 24.4 Å². The maximum absolute atomic E-state index is 12.4. The topological polar surface area (TPSA) is 41.6 Å². The summed E-state index contributed by atoms with van der Waals surface area (Å²) >= 11 is 6.19. The minimum atomic E-state index is -0.0812. The van der Waals surface area contributed by atoms with Gasteiger partial charge < -0.3 is 10.1 Å². The van der Waals surface area contributed by atoms with E-state index in [0.717, 1.165) is 23.4 Å². The highest BCUT2D eigenvalue weighted by Gasteiger charge is 2.18. The van der Waals surface area contributed by atoms with Crippen LogP contribution in [0.15, 0.2) is 42.5 Å². The minimum absolute atomic E-state index is 0.0812. The van der Waals surface area contributed by atoms with E-state index in [4.69, 9.17) is 16.3 Å². The predicted octanol–water partition coefficient (Wildman–Crippen LogP) is 4.68. The number of nitrogens with zero attached hydrogens (tertiary/aromatic N) is 1. The Bertz CT molecular complexity index is 733. The molecule has 5 heteroatoms. The predicted molar refractivity (Wildman–Crippen MR) is 103 cm³/mol. The summed E-state index contributed by atoms with van der Waals surface area (Å²) in [7, 11) is 1.65. The molecule has 25 heavy (non-hydrogen) atoms. The lowest BCUT2D eigenvalue weighted by atomic mass is 10.1. The third-order valence-corrected chi connectivity index (χ3v) is 4.59. The molecule has 0 aliphatic carbocycles. The van der Waals surface area contributed by atoms with Gasteiger partial charge in [-0.3, -0.25) is 9.69 Å². The number of rotatable bonds is 7. The van der Waals surface area contributed by atoms with Gasteiger partial charge in [-0.2, -0.15) is 0 Å². The molecule has 0 aliphatic rings. The average Bonchev–Trinajstić information content (AvgIpc) is 2.61. The molecule has 1 atom stereocenters. The van der Waals surface area contributed by atoms with Crippen LogP contribution in [0, 0.1) is 6.92 Å². The van der Waals surface area contributed by atoms with Crippen LogP contribution in [0.25, 0.3) is 0 Å². The van der Waals surface area contributed by atoms with Crippen molar-refractivity contribution >= 4 is 23.2 Å². The molecule has 1 amide bonds. The van der Waals surface area contributed by atoms with Crippen LogP contribution in [-0.2, 0) is 4.79 Å². The molecule has 4 nitrogen and oxygen atoms in total. The Morgan fingerprint density at radius 2 is 2.04 bits per heavy atom. The third-order valence-electron chi connectivity index (χ3n) is 4.28. The summed E-state index contributed by atoms with van der Waals surface area (Å²) < 4.78 is 5.29. The van der Waals surface area contributed by atoms with E-state index in [1.807, 2.05) is 56.3 Å². The lowest BCUT2D eigenvalue weighted by molar-refractivity contribution is -0.117. The second kappa shape index (κ2) is 8.88. The number of hydrogen-bond donors (Lipinski definition) is 1. The number of aryl methyl sites for hydroxylation is 1. The number of methoxy groups -OCH3 is 1. The first-order chi connectivity index (χ1) is 11.9. The van der Waals surface area contributed by atoms with E-state index in [9.17, 15) is 4.79 Å². The average molecular weight is 361 g/mol. The van der Waals surface area contributed by atoms with E-state index in [2.05, 4.69) is 17.1 Å². The van der Waals surface area contributed by atoms with Crippen molar-refractivity contribution in [2.45, 2.75) is 26.8 Å². The molecular weight excluding hydrogens is 336 g/mol. The van der Waals surface area contributed by atoms with E-state index >= 15 is 0 Å². The SMILES string of the molecule is CCN(CC(=O)Nc1ccc(C)cc1Cl)C(C)c1cccc(OC)c1. The Balaban J connectivity index is 2.05. The first-order valence-electron chi connectivity index (χ1n) is 8.38. The van der Waals surface area contributed by atoms with E-state index in [1.165, 1.54) is 0 Å². The van der Waals surface area contributed by atoms with Gasteiger partial charge >= 0.3 is 0 Å². The normalized spacial score (nSPS) is 12.1. The molecule has 2 aromatic rings. The van der Waals surface area contributed by atoms with Gasteiger partial charge in [0, 0.05) is 6.04 Å². The number of carbonyl (C=O) groups is 1. The molecule has 0 aliphatic heterocycles. The van der Waals surface area contributed by atoms with Crippen molar-refractivity contribution < 1.29 is 9.53 Å². The number of amides is 1. The second-order valence-electron chi connectivity index (χ2n) is 6.05. The minimum Gasteiger partial charge on any atom is -0.497 e. The van der Waals surface area contributed by atoms with Gasteiger partial charge in [0.2, 0.25) is 5.91 Å². The fraction of sp³-hybridized carbons (Fsp3) is 0.350. The fourth-order valence-corrected chi connectivity index (χ4v) is 3.01. The van der Waals surface area contributed by atoms with Crippen LogP contribution >= 0.6 is 11.6 Å². The van der Waals surface area contributed by atoms with E-state index < -0.39 is 0 Å². The zero-order chi connectivity index (χ0) is 18.4. The number of halogens is 1. The van der Waals surface area contributed by atoms with Crippen LogP contribution < -0.4 is 10.1 Å². The smallest absolute Gasteiger partial charge is 0.238 e. The number of hydrogen-bond acceptors (Lipinski definition) is 3. The molecule has 1 unspecified atom stereocenters. The van der Waals surface area contributed by atoms with Crippen LogP contribution in [0.3, 0.4) is 0 Å². The fourth-order valence-electron chi connectivity index (χ4n) is 2.73. The standard InChI is InChI=1S/C20H25ClN2O2/c1-5-23(15(3)16-7-6-8-17(12-16)25-4)13-20(24)22-19-10-9-14(2)11-18(19)21/h6-12,15H,5,13H2,1-4H3,(H,22,24). The molecule has 0 aromatic heterocycles. The summed E-state index contributed by atoms with van der Waals surface area (Å²) in [5, 5.41) is 3.45. The van der Waals surface area contributed by atoms with Crippen molar-refractivity contribution in [3.8, 4) is 5.75 Å². The van der Waals surface area contributed by atoms with Gasteiger partial charge in [-0.25, -0.2) is 0 Å². The summed E-state index contributed by atoms with van der Waals surface area (Å²) in [6, 6.07) is 13.6. The molecule has 0 radical (unpaired) electrons. The molecule has 0 bridgehead atoms. The maximum atomic E-state index is 12.4. The van der Waals surface area contributed by atoms with Crippen molar-refractivity contribution in [3.05, 3.63) is 58.6 Å². The highest BCUT2D eigenvalue weighted by molar-refractivity contribution is 6.33. The van der Waals surface area contributed by atoms with Crippen molar-refractivity contribution in [1.82, 2.24) is 4.90 Å². The van der Waals surface area contributed by atoms with Crippen LogP contribution in [0.4, 0.5) is 5.69 Å². The van der Waals surface area contributed by atoms with Crippen LogP contribution in [0.5, 0.6) is 5.75 Å². The first-order valence-corrected chi connectivity index (χ1v) is 8.76. The Kier molecular flexibility index (Phi) is 6.85. The number of nitrogens with one attached hydrogen (secondary N) is 1. The number of ether oxygens (including phenoxy) is 1. The molecule has 0 spiro atoms. The zero-order valence-electron chi connectivity index (χ0n) is 15.2. The van der Waals surface area contributed by atoms with Crippen LogP contribution in [0.2, 0.25) is 5.02 Å². The number of likely N-dealkylation sites (N-methyl/N-ethyl adjacent to an activating group) is 1. The quantitative estimate of drug-likeness (QED) is 0.779. The largest absolute Gasteiger partial charge is 0.497 e. The van der Waals surface area contributed by atoms with Crippen molar-refractivity contribution in [3.63, 3.8) is 0 Å². The summed E-state index contributed by atoms with van der Waals surface area (Å²) in [6.45, 7) is 7.14. The van der Waals surface area contributed by atoms with Gasteiger partial charge in [0.1, 0.15) is 5.75 Å². The highest BCUT2D eigenvalue weighted by atomic mass is 35.5. The molecule has 2 aromatic carbocycles. The molecular formula is C20H25ClN2O2. The van der Waals surface area contributed by atoms with Crippen LogP contribution in [-0.4, -0.2) is 31.0 Å². The summed E-state index contributed by atoms with van der Waals surface area (Å²) in [4.78, 5) is 14.5. The number of anilines is 1. The Hall–Kier alpha value is -2.04. The Morgan fingerprint density at radius 3 is 2.68 bits per heavy atom. The van der Waals surface area contributed by atoms with E-state index in [1.54, 1.807) is 7.11 Å². The number of carbonyl (C=O) groups excluding carboxylic acids is 1. The van der Waals surface area contributed by atoms with Gasteiger partial charge in [-0.05, 0) is 55.8 Å². The Labute approximate surface area is 154 Å². The van der Waals surface area contributed by atoms with Gasteiger partial charge in [-0.1, -0.05) is 36.7 Å². The van der Waals surface area contributed by atoms with E-state index in [0.29, 0.717) is 17.3 Å². The lowest BCUT2D eigenvalue weighted by Crippen LogP contribution is -2.35. The molecule has 134 valence electrons. The van der Waals surface area contributed by atoms with E-state index in [-0.39, 0.29) is 11.9 Å². The molecule has 0 heterocycles. The summed E-state index contributed by atoms with van der Waals surface area (Å²) in [5.74, 6) is 0.735. The first kappa shape index (κ1) is 19.3. The van der Waals surface area contributed by atoms with Crippen molar-refractivity contribution in [2.24, 2.45) is 0 Å². The highest BCUT2D eigenvalue weighted by Crippen LogP contribution is 2.25. The molecule has 0 saturated carbocycles. The third kappa shape index (κ3) is 5.21. The molecule has 0 saturated heterocycles. The lowest BCUT2D eigenvalue weighted by Gasteiger charge is -2.27. The summed E-state index contributed by atoms with van der Waals surface area (Å²) in [5.41, 5.74) is 2.81. The van der Waals surface area contributed by atoms with Crippen LogP contribution in [0.1, 0.15) is 31.0 Å².